The molecule has 3 aromatic rings. The Balaban J connectivity index is 1.65. The van der Waals surface area contributed by atoms with Gasteiger partial charge in [0.15, 0.2) is 0 Å². The molecule has 0 aliphatic heterocycles. The minimum atomic E-state index is -0.550. The molecule has 0 saturated carbocycles. The van der Waals surface area contributed by atoms with Crippen LogP contribution in [-0.4, -0.2) is 21.6 Å². The molecule has 2 aromatic carbocycles. The molecule has 0 aliphatic carbocycles. The number of nitrogens with zero attached hydrogens (tertiary/aromatic N) is 2. The number of carbonyl (C=O) groups excluding carboxylic acids is 2. The first kappa shape index (κ1) is 19.9. The lowest BCUT2D eigenvalue weighted by molar-refractivity contribution is -0.116. The predicted octanol–water partition coefficient (Wildman–Crippen LogP) is 2.97. The van der Waals surface area contributed by atoms with Crippen molar-refractivity contribution in [2.75, 3.05) is 10.6 Å². The van der Waals surface area contributed by atoms with Gasteiger partial charge in [0.05, 0.1) is 12.2 Å². The number of benzene rings is 2. The fraction of sp³-hybridized carbons (Fsp3) is 0.143. The molecule has 1 heterocycles. The molecule has 0 spiro atoms. The van der Waals surface area contributed by atoms with Crippen LogP contribution in [-0.2, 0) is 11.3 Å². The van der Waals surface area contributed by atoms with Crippen molar-refractivity contribution < 1.29 is 14.0 Å². The van der Waals surface area contributed by atoms with E-state index < -0.39 is 23.2 Å². The van der Waals surface area contributed by atoms with Crippen LogP contribution in [0.3, 0.4) is 0 Å². The number of para-hydroxylation sites is 1. The number of aryl methyl sites for hydroxylation is 2. The first-order valence-corrected chi connectivity index (χ1v) is 8.93. The quantitative estimate of drug-likeness (QED) is 0.672. The summed E-state index contributed by atoms with van der Waals surface area (Å²) in [6, 6.07) is 15.6. The third kappa shape index (κ3) is 5.35. The molecular weight excluding hydrogens is 375 g/mol. The second kappa shape index (κ2) is 8.92. The number of hydrogen-bond acceptors (Lipinski definition) is 4. The summed E-state index contributed by atoms with van der Waals surface area (Å²) >= 11 is 0. The van der Waals surface area contributed by atoms with E-state index in [1.807, 2.05) is 19.1 Å². The molecule has 0 aliphatic rings. The largest absolute Gasteiger partial charge is 0.324 e. The van der Waals surface area contributed by atoms with E-state index in [-0.39, 0.29) is 24.3 Å². The Morgan fingerprint density at radius 3 is 2.45 bits per heavy atom. The van der Waals surface area contributed by atoms with E-state index in [1.54, 1.807) is 18.2 Å². The second-order valence-corrected chi connectivity index (χ2v) is 6.38. The highest BCUT2D eigenvalue weighted by Crippen LogP contribution is 2.13. The Labute approximate surface area is 166 Å². The number of carbonyl (C=O) groups is 2. The maximum absolute atomic E-state index is 13.6. The average molecular weight is 394 g/mol. The monoisotopic (exact) mass is 394 g/mol. The molecule has 0 fully saturated rings. The van der Waals surface area contributed by atoms with E-state index in [0.717, 1.165) is 10.2 Å². The Kier molecular flexibility index (Phi) is 6.13. The van der Waals surface area contributed by atoms with Crippen LogP contribution in [0.5, 0.6) is 0 Å². The lowest BCUT2D eigenvalue weighted by Gasteiger charge is -2.09. The Hall–Kier alpha value is -3.81. The van der Waals surface area contributed by atoms with Crippen molar-refractivity contribution in [1.29, 1.82) is 0 Å². The number of nitrogens with one attached hydrogen (secondary N) is 2. The minimum absolute atomic E-state index is 0.0414. The molecule has 7 nitrogen and oxygen atoms in total. The van der Waals surface area contributed by atoms with Crippen molar-refractivity contribution >= 4 is 23.2 Å². The van der Waals surface area contributed by atoms with E-state index in [9.17, 15) is 18.8 Å². The number of amides is 2. The number of halogens is 1. The number of rotatable bonds is 6. The van der Waals surface area contributed by atoms with E-state index in [4.69, 9.17) is 0 Å². The summed E-state index contributed by atoms with van der Waals surface area (Å²) < 4.78 is 14.6. The summed E-state index contributed by atoms with van der Waals surface area (Å²) in [5.74, 6) is -1.50. The highest BCUT2D eigenvalue weighted by Gasteiger charge is 2.12. The molecule has 3 rings (SSSR count). The lowest BCUT2D eigenvalue weighted by Crippen LogP contribution is -2.28. The summed E-state index contributed by atoms with van der Waals surface area (Å²) in [6.07, 6.45) is -0.107. The topological polar surface area (TPSA) is 93.1 Å². The molecule has 29 heavy (non-hydrogen) atoms. The van der Waals surface area contributed by atoms with E-state index in [1.165, 1.54) is 30.3 Å². The summed E-state index contributed by atoms with van der Waals surface area (Å²) in [7, 11) is 0. The fourth-order valence-electron chi connectivity index (χ4n) is 2.54. The summed E-state index contributed by atoms with van der Waals surface area (Å²) in [6.45, 7) is 1.89. The molecular formula is C21H19FN4O3. The molecule has 0 saturated heterocycles. The van der Waals surface area contributed by atoms with E-state index in [2.05, 4.69) is 15.7 Å². The summed E-state index contributed by atoms with van der Waals surface area (Å²) in [5.41, 5.74) is 1.31. The Morgan fingerprint density at radius 2 is 1.72 bits per heavy atom. The highest BCUT2D eigenvalue weighted by molar-refractivity contribution is 6.02. The van der Waals surface area contributed by atoms with Crippen molar-refractivity contribution in [3.8, 4) is 0 Å². The van der Waals surface area contributed by atoms with Crippen LogP contribution in [0.1, 0.15) is 22.5 Å². The zero-order valence-electron chi connectivity index (χ0n) is 15.7. The van der Waals surface area contributed by atoms with Gasteiger partial charge < -0.3 is 10.6 Å². The highest BCUT2D eigenvalue weighted by atomic mass is 19.1. The molecule has 148 valence electrons. The number of hydrogen-bond donors (Lipinski definition) is 2. The maximum Gasteiger partial charge on any atom is 0.276 e. The predicted molar refractivity (Wildman–Crippen MR) is 107 cm³/mol. The van der Waals surface area contributed by atoms with Gasteiger partial charge in [0.2, 0.25) is 5.91 Å². The van der Waals surface area contributed by atoms with Gasteiger partial charge in [-0.2, -0.15) is 5.10 Å². The van der Waals surface area contributed by atoms with Crippen LogP contribution in [0, 0.1) is 12.7 Å². The standard InChI is InChI=1S/C21H19FN4O3/c1-14-6-8-15(9-7-14)23-21(29)18-10-11-20(28)26(25-18)13-12-19(27)24-17-5-3-2-4-16(17)22/h2-11H,12-13H2,1H3,(H,23,29)(H,24,27). The van der Waals surface area contributed by atoms with Crippen LogP contribution in [0.4, 0.5) is 15.8 Å². The Morgan fingerprint density at radius 1 is 1.00 bits per heavy atom. The van der Waals surface area contributed by atoms with Gasteiger partial charge in [0.25, 0.3) is 11.5 Å². The van der Waals surface area contributed by atoms with Crippen molar-refractivity contribution in [2.24, 2.45) is 0 Å². The molecule has 1 aromatic heterocycles. The molecule has 0 radical (unpaired) electrons. The SMILES string of the molecule is Cc1ccc(NC(=O)c2ccc(=O)n(CCC(=O)Nc3ccccc3F)n2)cc1. The van der Waals surface area contributed by atoms with Crippen LogP contribution in [0.15, 0.2) is 65.5 Å². The summed E-state index contributed by atoms with van der Waals surface area (Å²) in [5, 5.41) is 9.16. The molecule has 2 amide bonds. The van der Waals surface area contributed by atoms with E-state index >= 15 is 0 Å². The molecule has 2 N–H and O–H groups in total. The zero-order valence-corrected chi connectivity index (χ0v) is 15.7. The molecule has 8 heteroatoms. The minimum Gasteiger partial charge on any atom is -0.324 e. The summed E-state index contributed by atoms with van der Waals surface area (Å²) in [4.78, 5) is 36.4. The number of anilines is 2. The molecule has 0 bridgehead atoms. The zero-order chi connectivity index (χ0) is 20.8. The molecule has 0 atom stereocenters. The van der Waals surface area contributed by atoms with Gasteiger partial charge in [-0.3, -0.25) is 14.4 Å². The lowest BCUT2D eigenvalue weighted by atomic mass is 10.2. The van der Waals surface area contributed by atoms with Gasteiger partial charge in [-0.1, -0.05) is 29.8 Å². The van der Waals surface area contributed by atoms with Gasteiger partial charge in [0.1, 0.15) is 11.5 Å². The Bertz CT molecular complexity index is 1090. The second-order valence-electron chi connectivity index (χ2n) is 6.38. The van der Waals surface area contributed by atoms with Crippen LogP contribution < -0.4 is 16.2 Å². The molecule has 0 unspecified atom stereocenters. The van der Waals surface area contributed by atoms with Crippen molar-refractivity contribution in [3.05, 3.63) is 88.1 Å². The smallest absolute Gasteiger partial charge is 0.276 e. The fourth-order valence-corrected chi connectivity index (χ4v) is 2.54. The average Bonchev–Trinajstić information content (AvgIpc) is 2.71. The van der Waals surface area contributed by atoms with Crippen molar-refractivity contribution in [2.45, 2.75) is 19.9 Å². The van der Waals surface area contributed by atoms with Crippen LogP contribution in [0.25, 0.3) is 0 Å². The van der Waals surface area contributed by atoms with Crippen LogP contribution >= 0.6 is 0 Å². The van der Waals surface area contributed by atoms with Crippen molar-refractivity contribution in [3.63, 3.8) is 0 Å². The first-order valence-electron chi connectivity index (χ1n) is 8.93. The third-order valence-corrected chi connectivity index (χ3v) is 4.11. The first-order chi connectivity index (χ1) is 13.9. The van der Waals surface area contributed by atoms with E-state index in [0.29, 0.717) is 5.69 Å². The third-order valence-electron chi connectivity index (χ3n) is 4.11. The van der Waals surface area contributed by atoms with Gasteiger partial charge in [0, 0.05) is 18.2 Å². The normalized spacial score (nSPS) is 10.4. The van der Waals surface area contributed by atoms with Gasteiger partial charge >= 0.3 is 0 Å². The van der Waals surface area contributed by atoms with Crippen molar-refractivity contribution in [1.82, 2.24) is 9.78 Å². The van der Waals surface area contributed by atoms with Crippen LogP contribution in [0.2, 0.25) is 0 Å². The maximum atomic E-state index is 13.6. The van der Waals surface area contributed by atoms with Gasteiger partial charge in [-0.05, 0) is 37.3 Å². The number of aromatic nitrogens is 2. The van der Waals surface area contributed by atoms with Gasteiger partial charge in [-0.15, -0.1) is 0 Å². The van der Waals surface area contributed by atoms with Gasteiger partial charge in [-0.25, -0.2) is 9.07 Å².